The number of halogens is 2. The second kappa shape index (κ2) is 11.1. The molecule has 0 bridgehead atoms. The lowest BCUT2D eigenvalue weighted by Gasteiger charge is -2.22. The molecule has 0 amide bonds. The summed E-state index contributed by atoms with van der Waals surface area (Å²) >= 11 is 1.42. The van der Waals surface area contributed by atoms with Gasteiger partial charge in [-0.2, -0.15) is 5.10 Å². The summed E-state index contributed by atoms with van der Waals surface area (Å²) in [6, 6.07) is 13.5. The van der Waals surface area contributed by atoms with Gasteiger partial charge >= 0.3 is 0 Å². The minimum atomic E-state index is -0.627. The first kappa shape index (κ1) is 25.0. The Morgan fingerprint density at radius 3 is 2.59 bits per heavy atom. The molecule has 6 nitrogen and oxygen atoms in total. The van der Waals surface area contributed by atoms with E-state index in [1.165, 1.54) is 30.3 Å². The standard InChI is InChI=1S/C28H28F2N6S/c1-37-35-23-11-19(25-4-3-22(29)13-27(25)30)10-20(12-23)26(14-31)28-5-2-18(15-33-28)21-16-34-36(17-21)24-6-8-32-9-7-24/h2-5,10-17,24,32,35H,6-9,31H2,1H3. The van der Waals surface area contributed by atoms with Crippen molar-refractivity contribution >= 4 is 23.2 Å². The van der Waals surface area contributed by atoms with Crippen LogP contribution >= 0.6 is 11.9 Å². The molecule has 1 aliphatic rings. The van der Waals surface area contributed by atoms with Crippen LogP contribution in [0.2, 0.25) is 0 Å². The molecule has 0 aliphatic carbocycles. The second-order valence-corrected chi connectivity index (χ2v) is 9.54. The van der Waals surface area contributed by atoms with Crippen LogP contribution in [0.15, 0.2) is 73.3 Å². The second-order valence-electron chi connectivity index (χ2n) is 8.93. The predicted octanol–water partition coefficient (Wildman–Crippen LogP) is 5.85. The topological polar surface area (TPSA) is 80.8 Å². The van der Waals surface area contributed by atoms with Gasteiger partial charge in [0.25, 0.3) is 0 Å². The van der Waals surface area contributed by atoms with E-state index in [1.54, 1.807) is 0 Å². The number of nitrogens with two attached hydrogens (primary N) is 1. The molecule has 2 aromatic heterocycles. The van der Waals surface area contributed by atoms with Crippen molar-refractivity contribution in [2.75, 3.05) is 24.1 Å². The molecule has 9 heteroatoms. The Hall–Kier alpha value is -3.69. The highest BCUT2D eigenvalue weighted by atomic mass is 32.2. The summed E-state index contributed by atoms with van der Waals surface area (Å²) in [6.45, 7) is 2.01. The first-order valence-corrected chi connectivity index (χ1v) is 13.3. The van der Waals surface area contributed by atoms with E-state index in [0.717, 1.165) is 54.4 Å². The van der Waals surface area contributed by atoms with Gasteiger partial charge in [0.1, 0.15) is 11.6 Å². The molecule has 37 heavy (non-hydrogen) atoms. The van der Waals surface area contributed by atoms with E-state index in [9.17, 15) is 8.78 Å². The quantitative estimate of drug-likeness (QED) is 0.266. The maximum Gasteiger partial charge on any atom is 0.133 e. The lowest BCUT2D eigenvalue weighted by atomic mass is 9.96. The van der Waals surface area contributed by atoms with Crippen LogP contribution in [0.1, 0.15) is 30.1 Å². The lowest BCUT2D eigenvalue weighted by Crippen LogP contribution is -2.29. The zero-order valence-electron chi connectivity index (χ0n) is 20.4. The summed E-state index contributed by atoms with van der Waals surface area (Å²) in [6.07, 6.45) is 11.3. The molecule has 4 aromatic rings. The first-order chi connectivity index (χ1) is 18.1. The Labute approximate surface area is 219 Å². The van der Waals surface area contributed by atoms with Crippen molar-refractivity contribution in [3.8, 4) is 22.3 Å². The Morgan fingerprint density at radius 1 is 1.05 bits per heavy atom. The highest BCUT2D eigenvalue weighted by Crippen LogP contribution is 2.33. The van der Waals surface area contributed by atoms with Gasteiger partial charge in [-0.05, 0) is 73.5 Å². The summed E-state index contributed by atoms with van der Waals surface area (Å²) in [5.74, 6) is -1.24. The number of anilines is 1. The van der Waals surface area contributed by atoms with Crippen molar-refractivity contribution in [1.29, 1.82) is 0 Å². The zero-order chi connectivity index (χ0) is 25.8. The molecular formula is C28H28F2N6S. The number of pyridine rings is 1. The zero-order valence-corrected chi connectivity index (χ0v) is 21.2. The molecule has 4 N–H and O–H groups in total. The van der Waals surface area contributed by atoms with Gasteiger partial charge in [-0.1, -0.05) is 18.0 Å². The van der Waals surface area contributed by atoms with Crippen LogP contribution in [0.25, 0.3) is 27.8 Å². The third kappa shape index (κ3) is 5.52. The lowest BCUT2D eigenvalue weighted by molar-refractivity contribution is 0.343. The van der Waals surface area contributed by atoms with Crippen molar-refractivity contribution in [1.82, 2.24) is 20.1 Å². The van der Waals surface area contributed by atoms with E-state index in [1.807, 2.05) is 49.0 Å². The molecule has 1 saturated heterocycles. The number of hydrogen-bond acceptors (Lipinski definition) is 6. The number of benzene rings is 2. The predicted molar refractivity (Wildman–Crippen MR) is 147 cm³/mol. The Bertz CT molecular complexity index is 1410. The van der Waals surface area contributed by atoms with Crippen LogP contribution in [0.5, 0.6) is 0 Å². The van der Waals surface area contributed by atoms with Crippen molar-refractivity contribution in [3.05, 3.63) is 96.2 Å². The summed E-state index contributed by atoms with van der Waals surface area (Å²) < 4.78 is 33.3. The maximum atomic E-state index is 14.6. The third-order valence-corrected chi connectivity index (χ3v) is 6.97. The van der Waals surface area contributed by atoms with Gasteiger partial charge in [-0.3, -0.25) is 9.67 Å². The minimum absolute atomic E-state index is 0.304. The number of hydrogen-bond donors (Lipinski definition) is 3. The van der Waals surface area contributed by atoms with Gasteiger partial charge in [0.15, 0.2) is 0 Å². The number of nitrogens with zero attached hydrogens (tertiary/aromatic N) is 3. The average molecular weight is 519 g/mol. The van der Waals surface area contributed by atoms with Crippen LogP contribution in [-0.4, -0.2) is 34.1 Å². The smallest absolute Gasteiger partial charge is 0.133 e. The summed E-state index contributed by atoms with van der Waals surface area (Å²) in [5, 5.41) is 7.96. The van der Waals surface area contributed by atoms with Crippen LogP contribution < -0.4 is 15.8 Å². The number of nitrogens with one attached hydrogen (secondary N) is 2. The van der Waals surface area contributed by atoms with E-state index >= 15 is 0 Å². The summed E-state index contributed by atoms with van der Waals surface area (Å²) in [5.41, 5.74) is 11.9. The fourth-order valence-electron chi connectivity index (χ4n) is 4.65. The van der Waals surface area contributed by atoms with Gasteiger partial charge in [-0.25, -0.2) is 8.78 Å². The van der Waals surface area contributed by atoms with Gasteiger partial charge in [0.05, 0.1) is 17.9 Å². The van der Waals surface area contributed by atoms with Crippen LogP contribution in [0.4, 0.5) is 14.5 Å². The molecule has 2 aromatic carbocycles. The fraction of sp³-hybridized carbons (Fsp3) is 0.214. The van der Waals surface area contributed by atoms with E-state index < -0.39 is 11.6 Å². The molecule has 1 fully saturated rings. The van der Waals surface area contributed by atoms with Crippen molar-refractivity contribution in [3.63, 3.8) is 0 Å². The summed E-state index contributed by atoms with van der Waals surface area (Å²) in [7, 11) is 0. The maximum absolute atomic E-state index is 14.6. The Kier molecular flexibility index (Phi) is 7.52. The number of rotatable bonds is 7. The van der Waals surface area contributed by atoms with Crippen LogP contribution in [0, 0.1) is 11.6 Å². The highest BCUT2D eigenvalue weighted by molar-refractivity contribution is 7.99. The Morgan fingerprint density at radius 2 is 1.89 bits per heavy atom. The average Bonchev–Trinajstić information content (AvgIpc) is 3.41. The Balaban J connectivity index is 1.45. The number of piperidine rings is 1. The molecule has 1 aliphatic heterocycles. The van der Waals surface area contributed by atoms with Gasteiger partial charge in [0, 0.05) is 58.9 Å². The SMILES string of the molecule is CSNc1cc(C(=CN)c2ccc(-c3cnn(C4CCNCC4)c3)cn2)cc(-c2ccc(F)cc2F)c1. The van der Waals surface area contributed by atoms with Crippen LogP contribution in [0.3, 0.4) is 0 Å². The highest BCUT2D eigenvalue weighted by Gasteiger charge is 2.17. The van der Waals surface area contributed by atoms with Gasteiger partial charge < -0.3 is 15.8 Å². The normalized spacial score (nSPS) is 14.6. The van der Waals surface area contributed by atoms with E-state index in [0.29, 0.717) is 28.4 Å². The molecule has 5 rings (SSSR count). The third-order valence-electron chi connectivity index (χ3n) is 6.53. The first-order valence-electron chi connectivity index (χ1n) is 12.1. The molecule has 190 valence electrons. The van der Waals surface area contributed by atoms with Gasteiger partial charge in [-0.15, -0.1) is 0 Å². The molecule has 0 atom stereocenters. The van der Waals surface area contributed by atoms with Crippen molar-refractivity contribution in [2.24, 2.45) is 5.73 Å². The molecule has 0 spiro atoms. The molecule has 0 radical (unpaired) electrons. The fourth-order valence-corrected chi connectivity index (χ4v) is 5.00. The van der Waals surface area contributed by atoms with E-state index in [-0.39, 0.29) is 0 Å². The minimum Gasteiger partial charge on any atom is -0.404 e. The van der Waals surface area contributed by atoms with Crippen LogP contribution in [-0.2, 0) is 0 Å². The monoisotopic (exact) mass is 518 g/mol. The largest absolute Gasteiger partial charge is 0.404 e. The van der Waals surface area contributed by atoms with E-state index in [2.05, 4.69) is 31.0 Å². The van der Waals surface area contributed by atoms with Crippen molar-refractivity contribution in [2.45, 2.75) is 18.9 Å². The van der Waals surface area contributed by atoms with Crippen molar-refractivity contribution < 1.29 is 8.78 Å². The molecule has 0 unspecified atom stereocenters. The molecule has 0 saturated carbocycles. The number of aromatic nitrogens is 3. The molecular weight excluding hydrogens is 490 g/mol. The van der Waals surface area contributed by atoms with Gasteiger partial charge in [0.2, 0.25) is 0 Å². The summed E-state index contributed by atoms with van der Waals surface area (Å²) in [4.78, 5) is 4.69. The van der Waals surface area contributed by atoms with E-state index in [4.69, 9.17) is 5.73 Å². The molecule has 3 heterocycles.